The van der Waals surface area contributed by atoms with Crippen LogP contribution in [0.25, 0.3) is 11.8 Å². The molecule has 0 aliphatic carbocycles. The average molecular weight is 422 g/mol. The molecule has 30 heavy (non-hydrogen) atoms. The van der Waals surface area contributed by atoms with E-state index in [-0.39, 0.29) is 17.2 Å². The van der Waals surface area contributed by atoms with Gasteiger partial charge in [-0.25, -0.2) is 4.39 Å². The summed E-state index contributed by atoms with van der Waals surface area (Å²) in [6.45, 7) is 6.13. The Balaban J connectivity index is 1.54. The van der Waals surface area contributed by atoms with Gasteiger partial charge in [0.2, 0.25) is 0 Å². The van der Waals surface area contributed by atoms with E-state index in [9.17, 15) is 9.18 Å². The van der Waals surface area contributed by atoms with Crippen molar-refractivity contribution < 1.29 is 9.18 Å². The van der Waals surface area contributed by atoms with Gasteiger partial charge < -0.3 is 15.2 Å². The number of aromatic nitrogens is 1. The molecule has 3 aromatic rings. The highest BCUT2D eigenvalue weighted by atomic mass is 32.2. The third-order valence-corrected chi connectivity index (χ3v) is 6.26. The second-order valence-corrected chi connectivity index (χ2v) is 8.46. The summed E-state index contributed by atoms with van der Waals surface area (Å²) in [5.41, 5.74) is 5.95. The van der Waals surface area contributed by atoms with Crippen LogP contribution < -0.4 is 10.6 Å². The van der Waals surface area contributed by atoms with Crippen molar-refractivity contribution in [2.24, 2.45) is 0 Å². The number of nitrogens with one attached hydrogen (secondary N) is 2. The SMILES string of the molecule is CCc1ccc(N[C@H]2NC(=O)/C(=C/c3cc(C)n(-c4ccc(F)cc4)c3C)S2)cc1. The largest absolute Gasteiger partial charge is 0.357 e. The summed E-state index contributed by atoms with van der Waals surface area (Å²) in [7, 11) is 0. The summed E-state index contributed by atoms with van der Waals surface area (Å²) in [6.07, 6.45) is 2.92. The van der Waals surface area contributed by atoms with Gasteiger partial charge in [0.1, 0.15) is 5.82 Å². The Morgan fingerprint density at radius 3 is 2.50 bits per heavy atom. The highest BCUT2D eigenvalue weighted by molar-refractivity contribution is 8.05. The zero-order valence-corrected chi connectivity index (χ0v) is 18.0. The molecule has 154 valence electrons. The zero-order valence-electron chi connectivity index (χ0n) is 17.2. The van der Waals surface area contributed by atoms with Crippen molar-refractivity contribution in [3.05, 3.63) is 87.8 Å². The fraction of sp³-hybridized carbons (Fsp3) is 0.208. The van der Waals surface area contributed by atoms with Gasteiger partial charge in [-0.1, -0.05) is 30.8 Å². The van der Waals surface area contributed by atoms with Gasteiger partial charge >= 0.3 is 0 Å². The Kier molecular flexibility index (Phi) is 5.68. The first kappa shape index (κ1) is 20.3. The minimum atomic E-state index is -0.259. The number of carbonyl (C=O) groups excluding carboxylic acids is 1. The molecule has 1 aromatic heterocycles. The van der Waals surface area contributed by atoms with E-state index in [4.69, 9.17) is 0 Å². The smallest absolute Gasteiger partial charge is 0.260 e. The standard InChI is InChI=1S/C24H24FN3OS/c1-4-17-5-9-20(10-6-17)26-24-27-23(29)22(30-24)14-18-13-15(2)28(16(18)3)21-11-7-19(25)8-12-21/h5-14,24,26H,4H2,1-3H3,(H,27,29)/b22-14-/t24-/m0/s1. The number of nitrogens with zero attached hydrogens (tertiary/aromatic N) is 1. The molecular formula is C24H24FN3OS. The number of thioether (sulfide) groups is 1. The second kappa shape index (κ2) is 8.40. The Hall–Kier alpha value is -2.99. The lowest BCUT2D eigenvalue weighted by Crippen LogP contribution is -2.30. The van der Waals surface area contributed by atoms with E-state index in [1.807, 2.05) is 38.1 Å². The number of amides is 1. The Labute approximate surface area is 180 Å². The van der Waals surface area contributed by atoms with Gasteiger partial charge in [-0.05, 0) is 79.9 Å². The van der Waals surface area contributed by atoms with Crippen LogP contribution >= 0.6 is 11.8 Å². The van der Waals surface area contributed by atoms with Crippen LogP contribution in [0.5, 0.6) is 0 Å². The molecule has 1 atom stereocenters. The van der Waals surface area contributed by atoms with Gasteiger partial charge in [-0.15, -0.1) is 0 Å². The van der Waals surface area contributed by atoms with Crippen molar-refractivity contribution in [2.75, 3.05) is 5.32 Å². The maximum Gasteiger partial charge on any atom is 0.260 e. The molecular weight excluding hydrogens is 397 g/mol. The fourth-order valence-electron chi connectivity index (χ4n) is 3.62. The summed E-state index contributed by atoms with van der Waals surface area (Å²) >= 11 is 1.47. The lowest BCUT2D eigenvalue weighted by atomic mass is 10.1. The minimum Gasteiger partial charge on any atom is -0.357 e. The third kappa shape index (κ3) is 4.14. The topological polar surface area (TPSA) is 46.1 Å². The predicted octanol–water partition coefficient (Wildman–Crippen LogP) is 5.40. The lowest BCUT2D eigenvalue weighted by molar-refractivity contribution is -0.116. The maximum atomic E-state index is 13.3. The van der Waals surface area contributed by atoms with Crippen molar-refractivity contribution >= 4 is 29.4 Å². The first-order valence-electron chi connectivity index (χ1n) is 9.94. The second-order valence-electron chi connectivity index (χ2n) is 7.31. The molecule has 4 rings (SSSR count). The van der Waals surface area contributed by atoms with E-state index in [1.54, 1.807) is 12.1 Å². The normalized spacial score (nSPS) is 17.4. The van der Waals surface area contributed by atoms with Gasteiger partial charge in [0, 0.05) is 22.8 Å². The molecule has 0 spiro atoms. The van der Waals surface area contributed by atoms with Crippen molar-refractivity contribution in [1.82, 2.24) is 9.88 Å². The summed E-state index contributed by atoms with van der Waals surface area (Å²) in [5.74, 6) is -0.347. The maximum absolute atomic E-state index is 13.3. The molecule has 1 saturated heterocycles. The van der Waals surface area contributed by atoms with E-state index < -0.39 is 0 Å². The van der Waals surface area contributed by atoms with E-state index in [0.29, 0.717) is 4.91 Å². The molecule has 4 nitrogen and oxygen atoms in total. The van der Waals surface area contributed by atoms with Crippen LogP contribution in [0.1, 0.15) is 29.4 Å². The first-order valence-corrected chi connectivity index (χ1v) is 10.8. The van der Waals surface area contributed by atoms with Crippen molar-refractivity contribution in [3.8, 4) is 5.69 Å². The monoisotopic (exact) mass is 421 g/mol. The highest BCUT2D eigenvalue weighted by Crippen LogP contribution is 2.32. The molecule has 0 saturated carbocycles. The molecule has 1 amide bonds. The number of hydrogen-bond donors (Lipinski definition) is 2. The number of halogens is 1. The molecule has 0 radical (unpaired) electrons. The molecule has 1 fully saturated rings. The number of hydrogen-bond acceptors (Lipinski definition) is 3. The number of aryl methyl sites for hydroxylation is 2. The number of benzene rings is 2. The molecule has 2 heterocycles. The Morgan fingerprint density at radius 1 is 1.13 bits per heavy atom. The summed E-state index contributed by atoms with van der Waals surface area (Å²) in [5, 5.41) is 6.33. The van der Waals surface area contributed by atoms with E-state index in [0.717, 1.165) is 34.7 Å². The molecule has 2 aromatic carbocycles. The van der Waals surface area contributed by atoms with Crippen LogP contribution in [0.4, 0.5) is 10.1 Å². The predicted molar refractivity (Wildman–Crippen MR) is 122 cm³/mol. The number of rotatable bonds is 5. The summed E-state index contributed by atoms with van der Waals surface area (Å²) < 4.78 is 15.3. The van der Waals surface area contributed by atoms with Crippen molar-refractivity contribution in [2.45, 2.75) is 32.7 Å². The fourth-order valence-corrected chi connectivity index (χ4v) is 4.59. The van der Waals surface area contributed by atoms with Gasteiger partial charge in [0.15, 0.2) is 5.50 Å². The number of anilines is 1. The van der Waals surface area contributed by atoms with E-state index in [1.165, 1.54) is 29.5 Å². The van der Waals surface area contributed by atoms with Gasteiger partial charge in [-0.2, -0.15) is 0 Å². The van der Waals surface area contributed by atoms with Crippen molar-refractivity contribution in [3.63, 3.8) is 0 Å². The first-order chi connectivity index (χ1) is 14.4. The summed E-state index contributed by atoms with van der Waals surface area (Å²) in [6, 6.07) is 16.7. The lowest BCUT2D eigenvalue weighted by Gasteiger charge is -2.12. The van der Waals surface area contributed by atoms with Crippen LogP contribution in [0.3, 0.4) is 0 Å². The molecule has 1 aliphatic rings. The molecule has 0 bridgehead atoms. The Bertz CT molecular complexity index is 1100. The van der Waals surface area contributed by atoms with Crippen LogP contribution in [0, 0.1) is 19.7 Å². The van der Waals surface area contributed by atoms with Crippen LogP contribution in [0.2, 0.25) is 0 Å². The van der Waals surface area contributed by atoms with E-state index in [2.05, 4.69) is 34.3 Å². The average Bonchev–Trinajstić information content (AvgIpc) is 3.21. The zero-order chi connectivity index (χ0) is 21.3. The molecule has 2 N–H and O–H groups in total. The molecule has 0 unspecified atom stereocenters. The molecule has 1 aliphatic heterocycles. The van der Waals surface area contributed by atoms with Crippen molar-refractivity contribution in [1.29, 1.82) is 0 Å². The number of carbonyl (C=O) groups is 1. The van der Waals surface area contributed by atoms with Crippen LogP contribution in [0.15, 0.2) is 59.5 Å². The molecule has 6 heteroatoms. The highest BCUT2D eigenvalue weighted by Gasteiger charge is 2.27. The minimum absolute atomic E-state index is 0.0886. The quantitative estimate of drug-likeness (QED) is 0.543. The summed E-state index contributed by atoms with van der Waals surface area (Å²) in [4.78, 5) is 13.2. The van der Waals surface area contributed by atoms with E-state index >= 15 is 0 Å². The van der Waals surface area contributed by atoms with Crippen LogP contribution in [-0.2, 0) is 11.2 Å². The van der Waals surface area contributed by atoms with Gasteiger partial charge in [-0.3, -0.25) is 4.79 Å². The van der Waals surface area contributed by atoms with Gasteiger partial charge in [0.05, 0.1) is 4.91 Å². The van der Waals surface area contributed by atoms with Gasteiger partial charge in [0.25, 0.3) is 5.91 Å². The Morgan fingerprint density at radius 2 is 1.83 bits per heavy atom. The van der Waals surface area contributed by atoms with Crippen LogP contribution in [-0.4, -0.2) is 16.0 Å². The third-order valence-electron chi connectivity index (χ3n) is 5.23.